The third-order valence-electron chi connectivity index (χ3n) is 4.69. The normalized spacial score (nSPS) is 13.9. The van der Waals surface area contributed by atoms with Gasteiger partial charge in [-0.25, -0.2) is 4.79 Å². The maximum Gasteiger partial charge on any atom is 0.343 e. The van der Waals surface area contributed by atoms with Gasteiger partial charge in [-0.3, -0.25) is 4.79 Å². The Balaban J connectivity index is 1.63. The van der Waals surface area contributed by atoms with Crippen LogP contribution in [0.1, 0.15) is 37.4 Å². The maximum atomic E-state index is 12.8. The summed E-state index contributed by atoms with van der Waals surface area (Å²) in [4.78, 5) is 25.2. The largest absolute Gasteiger partial charge is 0.452 e. The lowest BCUT2D eigenvalue weighted by Gasteiger charge is -2.08. The molecule has 5 heteroatoms. The molecule has 0 fully saturated rings. The van der Waals surface area contributed by atoms with Gasteiger partial charge in [0.25, 0.3) is 0 Å². The third-order valence-corrected chi connectivity index (χ3v) is 4.92. The number of ether oxygens (including phenoxy) is 2. The molecule has 0 N–H and O–H groups in total. The van der Waals surface area contributed by atoms with Gasteiger partial charge in [0.05, 0.1) is 11.1 Å². The predicted octanol–water partition coefficient (Wildman–Crippen LogP) is 5.79. The van der Waals surface area contributed by atoms with Crippen molar-refractivity contribution < 1.29 is 19.1 Å². The molecular weight excluding hydrogens is 388 g/mol. The summed E-state index contributed by atoms with van der Waals surface area (Å²) < 4.78 is 11.3. The van der Waals surface area contributed by atoms with E-state index in [1.807, 2.05) is 31.2 Å². The lowest BCUT2D eigenvalue weighted by molar-refractivity contribution is 0.0734. The Morgan fingerprint density at radius 3 is 2.55 bits per heavy atom. The number of rotatable bonds is 3. The number of hydrogen-bond acceptors (Lipinski definition) is 4. The Kier molecular flexibility index (Phi) is 4.95. The van der Waals surface area contributed by atoms with Crippen molar-refractivity contribution in [2.75, 3.05) is 0 Å². The molecule has 3 aromatic rings. The van der Waals surface area contributed by atoms with E-state index in [1.54, 1.807) is 43.3 Å². The minimum absolute atomic E-state index is 0.187. The van der Waals surface area contributed by atoms with Crippen LogP contribution in [0.15, 0.2) is 66.4 Å². The zero-order valence-corrected chi connectivity index (χ0v) is 16.6. The van der Waals surface area contributed by atoms with E-state index in [0.717, 1.165) is 11.1 Å². The van der Waals surface area contributed by atoms with Gasteiger partial charge < -0.3 is 9.47 Å². The summed E-state index contributed by atoms with van der Waals surface area (Å²) in [5.74, 6) is 0.205. The SMILES string of the molecule is Cc1ccccc1/C=C1\Oc2cc(OC(=O)c3cccc(Cl)c3)cc(C)c2C1=O. The Hall–Kier alpha value is -3.37. The van der Waals surface area contributed by atoms with Crippen LogP contribution in [-0.4, -0.2) is 11.8 Å². The van der Waals surface area contributed by atoms with Crippen LogP contribution < -0.4 is 9.47 Å². The van der Waals surface area contributed by atoms with E-state index in [-0.39, 0.29) is 11.5 Å². The van der Waals surface area contributed by atoms with Crippen molar-refractivity contribution in [1.82, 2.24) is 0 Å². The van der Waals surface area contributed by atoms with Crippen LogP contribution in [0.2, 0.25) is 5.02 Å². The number of aryl methyl sites for hydroxylation is 2. The van der Waals surface area contributed by atoms with Gasteiger partial charge in [0.15, 0.2) is 5.76 Å². The summed E-state index contributed by atoms with van der Waals surface area (Å²) in [6.07, 6.45) is 1.73. The van der Waals surface area contributed by atoms with Gasteiger partial charge in [0.2, 0.25) is 5.78 Å². The molecule has 4 rings (SSSR count). The second-order valence-electron chi connectivity index (χ2n) is 6.81. The molecule has 0 saturated heterocycles. The molecule has 29 heavy (non-hydrogen) atoms. The van der Waals surface area contributed by atoms with Gasteiger partial charge in [-0.2, -0.15) is 0 Å². The molecule has 144 valence electrons. The topological polar surface area (TPSA) is 52.6 Å². The molecule has 4 nitrogen and oxygen atoms in total. The third kappa shape index (κ3) is 3.80. The van der Waals surface area contributed by atoms with E-state index < -0.39 is 5.97 Å². The number of fused-ring (bicyclic) bond motifs is 1. The van der Waals surface area contributed by atoms with Crippen LogP contribution in [0.3, 0.4) is 0 Å². The van der Waals surface area contributed by atoms with Gasteiger partial charge in [-0.1, -0.05) is 41.9 Å². The van der Waals surface area contributed by atoms with Crippen molar-refractivity contribution in [1.29, 1.82) is 0 Å². The fourth-order valence-corrected chi connectivity index (χ4v) is 3.40. The zero-order valence-electron chi connectivity index (χ0n) is 15.9. The van der Waals surface area contributed by atoms with Crippen LogP contribution in [0, 0.1) is 13.8 Å². The van der Waals surface area contributed by atoms with Gasteiger partial charge in [0.1, 0.15) is 11.5 Å². The first-order valence-corrected chi connectivity index (χ1v) is 9.42. The lowest BCUT2D eigenvalue weighted by Crippen LogP contribution is -2.08. The standard InChI is InChI=1S/C24H17ClO4/c1-14-6-3-4-7-16(14)12-21-23(26)22-15(2)10-19(13-20(22)29-21)28-24(27)17-8-5-9-18(25)11-17/h3-13H,1-2H3/b21-12-. The number of allylic oxidation sites excluding steroid dienone is 1. The molecule has 1 heterocycles. The second-order valence-corrected chi connectivity index (χ2v) is 7.25. The highest BCUT2D eigenvalue weighted by Gasteiger charge is 2.30. The Bertz CT molecular complexity index is 1180. The van der Waals surface area contributed by atoms with Gasteiger partial charge in [0, 0.05) is 11.1 Å². The van der Waals surface area contributed by atoms with Crippen molar-refractivity contribution in [3.8, 4) is 11.5 Å². The lowest BCUT2D eigenvalue weighted by atomic mass is 10.0. The molecule has 0 aromatic heterocycles. The number of benzene rings is 3. The number of carbonyl (C=O) groups excluding carboxylic acids is 2. The summed E-state index contributed by atoms with van der Waals surface area (Å²) in [6, 6.07) is 17.5. The van der Waals surface area contributed by atoms with Crippen LogP contribution in [-0.2, 0) is 0 Å². The van der Waals surface area contributed by atoms with E-state index in [2.05, 4.69) is 0 Å². The van der Waals surface area contributed by atoms with Gasteiger partial charge >= 0.3 is 5.97 Å². The van der Waals surface area contributed by atoms with Crippen molar-refractivity contribution in [3.63, 3.8) is 0 Å². The van der Waals surface area contributed by atoms with Crippen LogP contribution >= 0.6 is 11.6 Å². The minimum Gasteiger partial charge on any atom is -0.452 e. The molecule has 0 radical (unpaired) electrons. The maximum absolute atomic E-state index is 12.8. The second kappa shape index (κ2) is 7.57. The molecule has 0 amide bonds. The average molecular weight is 405 g/mol. The summed E-state index contributed by atoms with van der Waals surface area (Å²) >= 11 is 5.93. The Morgan fingerprint density at radius 2 is 1.79 bits per heavy atom. The summed E-state index contributed by atoms with van der Waals surface area (Å²) in [6.45, 7) is 3.76. The van der Waals surface area contributed by atoms with Crippen LogP contribution in [0.4, 0.5) is 0 Å². The van der Waals surface area contributed by atoms with Crippen molar-refractivity contribution >= 4 is 29.4 Å². The molecule has 3 aromatic carbocycles. The van der Waals surface area contributed by atoms with E-state index in [1.165, 1.54) is 6.07 Å². The molecule has 0 unspecified atom stereocenters. The van der Waals surface area contributed by atoms with Gasteiger partial charge in [-0.15, -0.1) is 0 Å². The molecule has 0 atom stereocenters. The monoisotopic (exact) mass is 404 g/mol. The smallest absolute Gasteiger partial charge is 0.343 e. The number of hydrogen-bond donors (Lipinski definition) is 0. The minimum atomic E-state index is -0.535. The predicted molar refractivity (Wildman–Crippen MR) is 112 cm³/mol. The van der Waals surface area contributed by atoms with Crippen LogP contribution in [0.5, 0.6) is 11.5 Å². The Labute approximate surface area is 173 Å². The quantitative estimate of drug-likeness (QED) is 0.315. The number of esters is 1. The summed E-state index contributed by atoms with van der Waals surface area (Å²) in [5.41, 5.74) is 3.45. The number of Topliss-reactive ketones (excluding diaryl/α,β-unsaturated/α-hetero) is 1. The van der Waals surface area contributed by atoms with E-state index in [9.17, 15) is 9.59 Å². The molecular formula is C24H17ClO4. The molecule has 0 aliphatic carbocycles. The number of carbonyl (C=O) groups is 2. The fraction of sp³-hybridized carbons (Fsp3) is 0.0833. The number of halogens is 1. The van der Waals surface area contributed by atoms with Crippen molar-refractivity contribution in [3.05, 3.63) is 99.3 Å². The highest BCUT2D eigenvalue weighted by atomic mass is 35.5. The van der Waals surface area contributed by atoms with E-state index >= 15 is 0 Å². The molecule has 1 aliphatic rings. The zero-order chi connectivity index (χ0) is 20.5. The first-order chi connectivity index (χ1) is 13.9. The first kappa shape index (κ1) is 19.0. The first-order valence-electron chi connectivity index (χ1n) is 9.04. The fourth-order valence-electron chi connectivity index (χ4n) is 3.21. The average Bonchev–Trinajstić information content (AvgIpc) is 2.99. The number of ketones is 1. The van der Waals surface area contributed by atoms with Crippen molar-refractivity contribution in [2.24, 2.45) is 0 Å². The molecule has 0 bridgehead atoms. The summed E-state index contributed by atoms with van der Waals surface area (Å²) in [5, 5.41) is 0.449. The Morgan fingerprint density at radius 1 is 1.00 bits per heavy atom. The van der Waals surface area contributed by atoms with Crippen molar-refractivity contribution in [2.45, 2.75) is 13.8 Å². The van der Waals surface area contributed by atoms with E-state index in [0.29, 0.717) is 33.2 Å². The highest BCUT2D eigenvalue weighted by molar-refractivity contribution is 6.30. The van der Waals surface area contributed by atoms with Crippen LogP contribution in [0.25, 0.3) is 6.08 Å². The molecule has 0 saturated carbocycles. The molecule has 1 aliphatic heterocycles. The highest BCUT2D eigenvalue weighted by Crippen LogP contribution is 2.38. The van der Waals surface area contributed by atoms with E-state index in [4.69, 9.17) is 21.1 Å². The molecule has 0 spiro atoms. The van der Waals surface area contributed by atoms with Gasteiger partial charge in [-0.05, 0) is 60.9 Å². The summed E-state index contributed by atoms with van der Waals surface area (Å²) in [7, 11) is 0.